The molecule has 0 saturated carbocycles. The van der Waals surface area contributed by atoms with Crippen molar-refractivity contribution in [1.82, 2.24) is 15.6 Å². The van der Waals surface area contributed by atoms with Crippen molar-refractivity contribution in [2.75, 3.05) is 33.4 Å². The highest BCUT2D eigenvalue weighted by Gasteiger charge is 2.26. The standard InChI is InChI=1S/C19H28N4O4S/c1-5-20-19(28)22-21-9-15-6-7-16(17(8-15)25-4)26-12-18(24)23-10-13(2)27-14(3)11-23/h6-9,13-14H,5,10-12H2,1-4H3,(H2,20,22,28)/b21-9+. The molecule has 28 heavy (non-hydrogen) atoms. The number of nitrogens with one attached hydrogen (secondary N) is 2. The number of benzene rings is 1. The first-order chi connectivity index (χ1) is 13.4. The van der Waals surface area contributed by atoms with E-state index in [4.69, 9.17) is 26.4 Å². The number of carbonyl (C=O) groups excluding carboxylic acids is 1. The molecule has 1 aromatic rings. The third-order valence-corrected chi connectivity index (χ3v) is 4.26. The first-order valence-electron chi connectivity index (χ1n) is 9.23. The van der Waals surface area contributed by atoms with Crippen LogP contribution >= 0.6 is 12.2 Å². The molecule has 2 atom stereocenters. The van der Waals surface area contributed by atoms with Gasteiger partial charge in [0.2, 0.25) is 0 Å². The summed E-state index contributed by atoms with van der Waals surface area (Å²) < 4.78 is 16.7. The molecular formula is C19H28N4O4S. The van der Waals surface area contributed by atoms with E-state index in [1.807, 2.05) is 26.8 Å². The summed E-state index contributed by atoms with van der Waals surface area (Å²) in [5.74, 6) is 0.948. The molecule has 0 radical (unpaired) electrons. The van der Waals surface area contributed by atoms with Crippen molar-refractivity contribution in [2.24, 2.45) is 5.10 Å². The Labute approximate surface area is 171 Å². The number of hydrazone groups is 1. The Hall–Kier alpha value is -2.39. The van der Waals surface area contributed by atoms with Crippen LogP contribution in [-0.2, 0) is 9.53 Å². The number of amides is 1. The molecule has 154 valence electrons. The largest absolute Gasteiger partial charge is 0.493 e. The number of rotatable bonds is 7. The van der Waals surface area contributed by atoms with Gasteiger partial charge in [0.05, 0.1) is 25.5 Å². The predicted molar refractivity (Wildman–Crippen MR) is 112 cm³/mol. The summed E-state index contributed by atoms with van der Waals surface area (Å²) in [5, 5.41) is 7.46. The molecular weight excluding hydrogens is 380 g/mol. The number of methoxy groups -OCH3 is 1. The summed E-state index contributed by atoms with van der Waals surface area (Å²) >= 11 is 5.04. The van der Waals surface area contributed by atoms with Gasteiger partial charge in [0.15, 0.2) is 23.2 Å². The van der Waals surface area contributed by atoms with Gasteiger partial charge in [0.25, 0.3) is 5.91 Å². The smallest absolute Gasteiger partial charge is 0.260 e. The van der Waals surface area contributed by atoms with Crippen LogP contribution in [0.15, 0.2) is 23.3 Å². The van der Waals surface area contributed by atoms with E-state index in [0.717, 1.165) is 12.1 Å². The van der Waals surface area contributed by atoms with E-state index in [9.17, 15) is 4.79 Å². The highest BCUT2D eigenvalue weighted by Crippen LogP contribution is 2.27. The lowest BCUT2D eigenvalue weighted by Gasteiger charge is -2.35. The molecule has 2 rings (SSSR count). The zero-order chi connectivity index (χ0) is 20.5. The average molecular weight is 409 g/mol. The number of hydrogen-bond donors (Lipinski definition) is 2. The van der Waals surface area contributed by atoms with Gasteiger partial charge in [-0.05, 0) is 56.8 Å². The lowest BCUT2D eigenvalue weighted by Crippen LogP contribution is -2.49. The van der Waals surface area contributed by atoms with E-state index in [1.54, 1.807) is 30.4 Å². The van der Waals surface area contributed by atoms with Crippen LogP contribution in [0.25, 0.3) is 0 Å². The zero-order valence-corrected chi connectivity index (χ0v) is 17.5. The fourth-order valence-electron chi connectivity index (χ4n) is 2.86. The van der Waals surface area contributed by atoms with Crippen molar-refractivity contribution in [1.29, 1.82) is 0 Å². The Morgan fingerprint density at radius 3 is 2.71 bits per heavy atom. The van der Waals surface area contributed by atoms with Crippen LogP contribution in [-0.4, -0.2) is 67.7 Å². The Morgan fingerprint density at radius 1 is 1.36 bits per heavy atom. The van der Waals surface area contributed by atoms with E-state index < -0.39 is 0 Å². The van der Waals surface area contributed by atoms with E-state index >= 15 is 0 Å². The van der Waals surface area contributed by atoms with Crippen LogP contribution in [0.5, 0.6) is 11.5 Å². The first kappa shape index (κ1) is 21.9. The van der Waals surface area contributed by atoms with E-state index in [2.05, 4.69) is 15.8 Å². The van der Waals surface area contributed by atoms with Crippen LogP contribution < -0.4 is 20.2 Å². The van der Waals surface area contributed by atoms with E-state index in [0.29, 0.717) is 29.7 Å². The molecule has 8 nitrogen and oxygen atoms in total. The van der Waals surface area contributed by atoms with Gasteiger partial charge >= 0.3 is 0 Å². The number of ether oxygens (including phenoxy) is 3. The van der Waals surface area contributed by atoms with Gasteiger partial charge in [-0.3, -0.25) is 10.2 Å². The monoisotopic (exact) mass is 408 g/mol. The second-order valence-corrected chi connectivity index (χ2v) is 6.89. The fourth-order valence-corrected chi connectivity index (χ4v) is 3.06. The van der Waals surface area contributed by atoms with Gasteiger partial charge in [-0.1, -0.05) is 0 Å². The first-order valence-corrected chi connectivity index (χ1v) is 9.64. The molecule has 1 heterocycles. The van der Waals surface area contributed by atoms with Crippen molar-refractivity contribution in [3.05, 3.63) is 23.8 Å². The van der Waals surface area contributed by atoms with Crippen LogP contribution in [0.4, 0.5) is 0 Å². The maximum atomic E-state index is 12.4. The van der Waals surface area contributed by atoms with Crippen LogP contribution in [0.3, 0.4) is 0 Å². The summed E-state index contributed by atoms with van der Waals surface area (Å²) in [7, 11) is 1.55. The lowest BCUT2D eigenvalue weighted by atomic mass is 10.2. The number of hydrogen-bond acceptors (Lipinski definition) is 6. The van der Waals surface area contributed by atoms with E-state index in [-0.39, 0.29) is 24.7 Å². The Balaban J connectivity index is 1.93. The normalized spacial score (nSPS) is 19.4. The molecule has 0 aromatic heterocycles. The van der Waals surface area contributed by atoms with E-state index in [1.165, 1.54) is 0 Å². The fraction of sp³-hybridized carbons (Fsp3) is 0.526. The molecule has 1 aliphatic rings. The summed E-state index contributed by atoms with van der Waals surface area (Å²) in [6.45, 7) is 7.68. The minimum atomic E-state index is -0.0733. The SMILES string of the molecule is CCNC(=S)N/N=C/c1ccc(OCC(=O)N2CC(C)OC(C)C2)c(OC)c1. The second kappa shape index (κ2) is 10.8. The second-order valence-electron chi connectivity index (χ2n) is 6.48. The molecule has 0 spiro atoms. The summed E-state index contributed by atoms with van der Waals surface area (Å²) in [4.78, 5) is 14.2. The maximum absolute atomic E-state index is 12.4. The minimum Gasteiger partial charge on any atom is -0.493 e. The summed E-state index contributed by atoms with van der Waals surface area (Å²) in [6.07, 6.45) is 1.67. The summed E-state index contributed by atoms with van der Waals surface area (Å²) in [6, 6.07) is 5.35. The van der Waals surface area contributed by atoms with Crippen molar-refractivity contribution in [3.63, 3.8) is 0 Å². The van der Waals surface area contributed by atoms with Crippen LogP contribution in [0.1, 0.15) is 26.3 Å². The maximum Gasteiger partial charge on any atom is 0.260 e. The van der Waals surface area contributed by atoms with Crippen LogP contribution in [0.2, 0.25) is 0 Å². The molecule has 2 unspecified atom stereocenters. The van der Waals surface area contributed by atoms with Gasteiger partial charge in [0.1, 0.15) is 0 Å². The molecule has 1 saturated heterocycles. The number of carbonyl (C=O) groups is 1. The number of thiocarbonyl (C=S) groups is 1. The molecule has 2 N–H and O–H groups in total. The Kier molecular flexibility index (Phi) is 8.46. The predicted octanol–water partition coefficient (Wildman–Crippen LogP) is 1.53. The Morgan fingerprint density at radius 2 is 2.07 bits per heavy atom. The molecule has 0 aliphatic carbocycles. The topological polar surface area (TPSA) is 84.4 Å². The third kappa shape index (κ3) is 6.65. The van der Waals surface area contributed by atoms with Crippen LogP contribution in [0, 0.1) is 0 Å². The van der Waals surface area contributed by atoms with Gasteiger partial charge in [-0.15, -0.1) is 0 Å². The minimum absolute atomic E-state index is 0.0230. The molecule has 1 aromatic carbocycles. The van der Waals surface area contributed by atoms with Crippen molar-refractivity contribution in [2.45, 2.75) is 33.0 Å². The molecule has 1 fully saturated rings. The number of nitrogens with zero attached hydrogens (tertiary/aromatic N) is 2. The van der Waals surface area contributed by atoms with Gasteiger partial charge in [-0.25, -0.2) is 0 Å². The van der Waals surface area contributed by atoms with Gasteiger partial charge in [0, 0.05) is 19.6 Å². The highest BCUT2D eigenvalue weighted by atomic mass is 32.1. The molecule has 1 amide bonds. The van der Waals surface area contributed by atoms with Gasteiger partial charge < -0.3 is 24.4 Å². The Bertz CT molecular complexity index is 703. The molecule has 0 bridgehead atoms. The molecule has 1 aliphatic heterocycles. The zero-order valence-electron chi connectivity index (χ0n) is 16.7. The quantitative estimate of drug-likeness (QED) is 0.402. The average Bonchev–Trinajstić information content (AvgIpc) is 2.66. The molecule has 9 heteroatoms. The summed E-state index contributed by atoms with van der Waals surface area (Å²) in [5.41, 5.74) is 3.53. The van der Waals surface area contributed by atoms with Crippen molar-refractivity contribution >= 4 is 29.5 Å². The third-order valence-electron chi connectivity index (χ3n) is 4.03. The van der Waals surface area contributed by atoms with Crippen molar-refractivity contribution in [3.8, 4) is 11.5 Å². The lowest BCUT2D eigenvalue weighted by molar-refractivity contribution is -0.145. The number of morpholine rings is 1. The van der Waals surface area contributed by atoms with Gasteiger partial charge in [-0.2, -0.15) is 5.10 Å². The van der Waals surface area contributed by atoms with Crippen molar-refractivity contribution < 1.29 is 19.0 Å². The highest BCUT2D eigenvalue weighted by molar-refractivity contribution is 7.80.